The van der Waals surface area contributed by atoms with Crippen molar-refractivity contribution in [2.24, 2.45) is 0 Å². The van der Waals surface area contributed by atoms with Crippen molar-refractivity contribution in [3.8, 4) is 11.5 Å². The maximum absolute atomic E-state index is 9.59. The molecule has 2 aliphatic rings. The van der Waals surface area contributed by atoms with Gasteiger partial charge in [0.05, 0.1) is 0 Å². The third-order valence-electron chi connectivity index (χ3n) is 3.13. The minimum absolute atomic E-state index is 0.0155. The van der Waals surface area contributed by atoms with Crippen LogP contribution in [0.4, 0.5) is 0 Å². The van der Waals surface area contributed by atoms with Gasteiger partial charge in [-0.3, -0.25) is 0 Å². The van der Waals surface area contributed by atoms with Crippen molar-refractivity contribution in [1.29, 1.82) is 0 Å². The predicted octanol–water partition coefficient (Wildman–Crippen LogP) is 1.19. The Morgan fingerprint density at radius 1 is 1.23 bits per heavy atom. The standard InChI is InChI=1S/C10H11NO2/c12-8-2-1-7-6(9(8)13)5-11-10(7)3-4-10/h1-2,11-13H,3-5H2. The lowest BCUT2D eigenvalue weighted by Gasteiger charge is -2.08. The second-order valence-corrected chi connectivity index (χ2v) is 3.90. The van der Waals surface area contributed by atoms with Crippen LogP contribution in [0, 0.1) is 0 Å². The van der Waals surface area contributed by atoms with Gasteiger partial charge in [0.15, 0.2) is 11.5 Å². The molecule has 1 saturated carbocycles. The van der Waals surface area contributed by atoms with Gasteiger partial charge in [-0.25, -0.2) is 0 Å². The first-order valence-electron chi connectivity index (χ1n) is 4.52. The Bertz CT molecular complexity index is 383. The van der Waals surface area contributed by atoms with Gasteiger partial charge in [0.1, 0.15) is 0 Å². The van der Waals surface area contributed by atoms with Crippen molar-refractivity contribution in [2.45, 2.75) is 24.9 Å². The van der Waals surface area contributed by atoms with Gasteiger partial charge < -0.3 is 15.5 Å². The largest absolute Gasteiger partial charge is 0.504 e. The van der Waals surface area contributed by atoms with E-state index in [1.807, 2.05) is 6.07 Å². The van der Waals surface area contributed by atoms with Gasteiger partial charge in [0, 0.05) is 17.6 Å². The van der Waals surface area contributed by atoms with E-state index in [4.69, 9.17) is 0 Å². The maximum Gasteiger partial charge on any atom is 0.162 e. The van der Waals surface area contributed by atoms with Crippen molar-refractivity contribution in [2.75, 3.05) is 0 Å². The molecular formula is C10H11NO2. The molecule has 1 aromatic carbocycles. The number of nitrogens with one attached hydrogen (secondary N) is 1. The molecular weight excluding hydrogens is 166 g/mol. The Balaban J connectivity index is 2.23. The fourth-order valence-corrected chi connectivity index (χ4v) is 2.18. The third kappa shape index (κ3) is 0.773. The molecule has 0 radical (unpaired) electrons. The van der Waals surface area contributed by atoms with Crippen LogP contribution in [-0.4, -0.2) is 10.2 Å². The molecule has 0 saturated heterocycles. The number of rotatable bonds is 0. The minimum Gasteiger partial charge on any atom is -0.504 e. The molecule has 68 valence electrons. The molecule has 0 bridgehead atoms. The summed E-state index contributed by atoms with van der Waals surface area (Å²) in [6.45, 7) is 0.676. The van der Waals surface area contributed by atoms with Crippen LogP contribution >= 0.6 is 0 Å². The summed E-state index contributed by atoms with van der Waals surface area (Å²) in [7, 11) is 0. The highest BCUT2D eigenvalue weighted by Crippen LogP contribution is 2.53. The second kappa shape index (κ2) is 1.99. The molecule has 1 aliphatic heterocycles. The average Bonchev–Trinajstić information content (AvgIpc) is 2.77. The van der Waals surface area contributed by atoms with Crippen LogP contribution in [0.5, 0.6) is 11.5 Å². The summed E-state index contributed by atoms with van der Waals surface area (Å²) in [5.41, 5.74) is 2.18. The van der Waals surface area contributed by atoms with Crippen LogP contribution in [0.15, 0.2) is 12.1 Å². The highest BCUT2D eigenvalue weighted by atomic mass is 16.3. The summed E-state index contributed by atoms with van der Waals surface area (Å²) in [4.78, 5) is 0. The Kier molecular flexibility index (Phi) is 1.10. The lowest BCUT2D eigenvalue weighted by molar-refractivity contribution is 0.399. The first-order chi connectivity index (χ1) is 6.23. The third-order valence-corrected chi connectivity index (χ3v) is 3.13. The molecule has 1 spiro atoms. The summed E-state index contributed by atoms with van der Waals surface area (Å²) in [6.07, 6.45) is 2.29. The first kappa shape index (κ1) is 7.21. The van der Waals surface area contributed by atoms with Gasteiger partial charge in [0.25, 0.3) is 0 Å². The lowest BCUT2D eigenvalue weighted by Crippen LogP contribution is -2.19. The highest BCUT2D eigenvalue weighted by molar-refractivity contribution is 5.55. The fraction of sp³-hybridized carbons (Fsp3) is 0.400. The SMILES string of the molecule is Oc1ccc2c(c1O)CNC21CC1. The van der Waals surface area contributed by atoms with E-state index in [-0.39, 0.29) is 17.0 Å². The lowest BCUT2D eigenvalue weighted by atomic mass is 10.0. The summed E-state index contributed by atoms with van der Waals surface area (Å²) in [6, 6.07) is 3.48. The summed E-state index contributed by atoms with van der Waals surface area (Å²) >= 11 is 0. The van der Waals surface area contributed by atoms with Crippen LogP contribution < -0.4 is 5.32 Å². The van der Waals surface area contributed by atoms with Gasteiger partial charge >= 0.3 is 0 Å². The smallest absolute Gasteiger partial charge is 0.162 e. The zero-order chi connectivity index (χ0) is 9.05. The van der Waals surface area contributed by atoms with E-state index >= 15 is 0 Å². The van der Waals surface area contributed by atoms with Crippen molar-refractivity contribution < 1.29 is 10.2 Å². The summed E-state index contributed by atoms with van der Waals surface area (Å²) < 4.78 is 0. The number of fused-ring (bicyclic) bond motifs is 2. The van der Waals surface area contributed by atoms with E-state index in [0.717, 1.165) is 18.4 Å². The molecule has 0 unspecified atom stereocenters. The van der Waals surface area contributed by atoms with Crippen LogP contribution in [0.1, 0.15) is 24.0 Å². The molecule has 3 rings (SSSR count). The van der Waals surface area contributed by atoms with Crippen molar-refractivity contribution in [1.82, 2.24) is 5.32 Å². The van der Waals surface area contributed by atoms with Crippen LogP contribution in [-0.2, 0) is 12.1 Å². The number of phenolic OH excluding ortho intramolecular Hbond substituents is 2. The zero-order valence-electron chi connectivity index (χ0n) is 7.17. The van der Waals surface area contributed by atoms with Gasteiger partial charge in [-0.1, -0.05) is 6.07 Å². The molecule has 0 amide bonds. The van der Waals surface area contributed by atoms with E-state index in [1.165, 1.54) is 5.56 Å². The van der Waals surface area contributed by atoms with E-state index in [1.54, 1.807) is 6.07 Å². The molecule has 3 N–H and O–H groups in total. The normalized spacial score (nSPS) is 21.8. The maximum atomic E-state index is 9.59. The topological polar surface area (TPSA) is 52.5 Å². The molecule has 0 atom stereocenters. The van der Waals surface area contributed by atoms with Crippen LogP contribution in [0.2, 0.25) is 0 Å². The molecule has 1 heterocycles. The highest BCUT2D eigenvalue weighted by Gasteiger charge is 2.49. The van der Waals surface area contributed by atoms with Gasteiger partial charge in [0.2, 0.25) is 0 Å². The molecule has 1 aliphatic carbocycles. The average molecular weight is 177 g/mol. The quantitative estimate of drug-likeness (QED) is 0.522. The van der Waals surface area contributed by atoms with Gasteiger partial charge in [-0.05, 0) is 24.5 Å². The second-order valence-electron chi connectivity index (χ2n) is 3.90. The molecule has 3 nitrogen and oxygen atoms in total. The zero-order valence-corrected chi connectivity index (χ0v) is 7.17. The molecule has 3 heteroatoms. The Hall–Kier alpha value is -1.22. The van der Waals surface area contributed by atoms with E-state index < -0.39 is 0 Å². The van der Waals surface area contributed by atoms with Crippen molar-refractivity contribution in [3.05, 3.63) is 23.3 Å². The van der Waals surface area contributed by atoms with Crippen molar-refractivity contribution >= 4 is 0 Å². The summed E-state index contributed by atoms with van der Waals surface area (Å²) in [5, 5.41) is 22.3. The summed E-state index contributed by atoms with van der Waals surface area (Å²) in [5.74, 6) is 0.0343. The Morgan fingerprint density at radius 2 is 2.00 bits per heavy atom. The monoisotopic (exact) mass is 177 g/mol. The van der Waals surface area contributed by atoms with Crippen LogP contribution in [0.25, 0.3) is 0 Å². The predicted molar refractivity (Wildman–Crippen MR) is 47.5 cm³/mol. The van der Waals surface area contributed by atoms with Crippen molar-refractivity contribution in [3.63, 3.8) is 0 Å². The molecule has 0 aromatic heterocycles. The minimum atomic E-state index is -0.0155. The Labute approximate surface area is 76.0 Å². The molecule has 13 heavy (non-hydrogen) atoms. The first-order valence-corrected chi connectivity index (χ1v) is 4.52. The van der Waals surface area contributed by atoms with E-state index in [0.29, 0.717) is 6.54 Å². The number of aromatic hydroxyl groups is 2. The number of hydrogen-bond donors (Lipinski definition) is 3. The van der Waals surface area contributed by atoms with Gasteiger partial charge in [-0.2, -0.15) is 0 Å². The number of hydrogen-bond acceptors (Lipinski definition) is 3. The molecule has 1 fully saturated rings. The van der Waals surface area contributed by atoms with E-state index in [9.17, 15) is 10.2 Å². The molecule has 1 aromatic rings. The number of phenols is 2. The van der Waals surface area contributed by atoms with Gasteiger partial charge in [-0.15, -0.1) is 0 Å². The number of benzene rings is 1. The fourth-order valence-electron chi connectivity index (χ4n) is 2.18. The van der Waals surface area contributed by atoms with Crippen LogP contribution in [0.3, 0.4) is 0 Å². The van der Waals surface area contributed by atoms with E-state index in [2.05, 4.69) is 5.32 Å². The Morgan fingerprint density at radius 3 is 2.69 bits per heavy atom.